The average molecular weight is 281 g/mol. The zero-order valence-corrected chi connectivity index (χ0v) is 13.3. The third-order valence-electron chi connectivity index (χ3n) is 4.92. The Morgan fingerprint density at radius 1 is 1.00 bits per heavy atom. The fourth-order valence-electron chi connectivity index (χ4n) is 3.82. The summed E-state index contributed by atoms with van der Waals surface area (Å²) in [6, 6.07) is 16.3. The first-order valence-electron chi connectivity index (χ1n) is 8.47. The summed E-state index contributed by atoms with van der Waals surface area (Å²) in [6.07, 6.45) is 5.49. The van der Waals surface area contributed by atoms with Gasteiger partial charge in [0, 0.05) is 6.04 Å². The molecule has 0 saturated heterocycles. The van der Waals surface area contributed by atoms with Gasteiger partial charge in [-0.3, -0.25) is 0 Å². The van der Waals surface area contributed by atoms with Gasteiger partial charge in [-0.05, 0) is 47.6 Å². The quantitative estimate of drug-likeness (QED) is 0.821. The number of hydrogen-bond acceptors (Lipinski definition) is 1. The smallest absolute Gasteiger partial charge is 0.00104 e. The molecule has 2 atom stereocenters. The van der Waals surface area contributed by atoms with Crippen molar-refractivity contribution in [3.63, 3.8) is 0 Å². The molecule has 1 aliphatic carbocycles. The monoisotopic (exact) mass is 281 g/mol. The lowest BCUT2D eigenvalue weighted by atomic mass is 9.74. The highest BCUT2D eigenvalue weighted by Crippen LogP contribution is 2.40. The van der Waals surface area contributed by atoms with Crippen LogP contribution in [0.2, 0.25) is 0 Å². The Kier molecular flexibility index (Phi) is 4.60. The third-order valence-corrected chi connectivity index (χ3v) is 4.92. The van der Waals surface area contributed by atoms with Gasteiger partial charge in [0.1, 0.15) is 0 Å². The topological polar surface area (TPSA) is 12.0 Å². The zero-order valence-electron chi connectivity index (χ0n) is 13.3. The van der Waals surface area contributed by atoms with Gasteiger partial charge < -0.3 is 5.32 Å². The lowest BCUT2D eigenvalue weighted by molar-refractivity contribution is 0.290. The van der Waals surface area contributed by atoms with E-state index in [-0.39, 0.29) is 0 Å². The number of hydrogen-bond donors (Lipinski definition) is 1. The molecule has 2 aromatic rings. The molecule has 0 bridgehead atoms. The maximum atomic E-state index is 3.66. The van der Waals surface area contributed by atoms with E-state index in [2.05, 4.69) is 61.6 Å². The zero-order chi connectivity index (χ0) is 14.7. The maximum absolute atomic E-state index is 3.66. The molecule has 112 valence electrons. The second-order valence-electron chi connectivity index (χ2n) is 6.78. The van der Waals surface area contributed by atoms with Crippen molar-refractivity contribution >= 4 is 10.8 Å². The van der Waals surface area contributed by atoms with E-state index in [1.54, 1.807) is 5.56 Å². The SMILES string of the molecule is CC(C)NCC1CCCCC1c1cccc2ccccc12. The highest BCUT2D eigenvalue weighted by molar-refractivity contribution is 5.86. The van der Waals surface area contributed by atoms with Gasteiger partial charge in [-0.25, -0.2) is 0 Å². The summed E-state index contributed by atoms with van der Waals surface area (Å²) < 4.78 is 0. The van der Waals surface area contributed by atoms with Crippen molar-refractivity contribution in [1.29, 1.82) is 0 Å². The van der Waals surface area contributed by atoms with Crippen molar-refractivity contribution in [2.75, 3.05) is 6.54 Å². The Bertz CT molecular complexity index is 582. The van der Waals surface area contributed by atoms with Crippen molar-refractivity contribution < 1.29 is 0 Å². The molecule has 0 radical (unpaired) electrons. The van der Waals surface area contributed by atoms with Crippen LogP contribution >= 0.6 is 0 Å². The minimum absolute atomic E-state index is 0.583. The van der Waals surface area contributed by atoms with Crippen LogP contribution < -0.4 is 5.32 Å². The highest BCUT2D eigenvalue weighted by atomic mass is 14.9. The van der Waals surface area contributed by atoms with E-state index in [0.29, 0.717) is 6.04 Å². The van der Waals surface area contributed by atoms with E-state index >= 15 is 0 Å². The molecule has 1 fully saturated rings. The Balaban J connectivity index is 1.91. The first-order chi connectivity index (χ1) is 10.3. The largest absolute Gasteiger partial charge is 0.314 e. The predicted molar refractivity (Wildman–Crippen MR) is 91.8 cm³/mol. The number of fused-ring (bicyclic) bond motifs is 1. The molecule has 1 N–H and O–H groups in total. The molecule has 1 nitrogen and oxygen atoms in total. The number of rotatable bonds is 4. The summed E-state index contributed by atoms with van der Waals surface area (Å²) in [6.45, 7) is 5.65. The Labute approximate surface area is 128 Å². The Morgan fingerprint density at radius 2 is 1.76 bits per heavy atom. The molecule has 0 amide bonds. The molecule has 2 unspecified atom stereocenters. The molecule has 0 spiro atoms. The van der Waals surface area contributed by atoms with Crippen molar-refractivity contribution in [1.82, 2.24) is 5.32 Å². The standard InChI is InChI=1S/C20H27N/c1-15(2)21-14-17-9-4-6-12-19(17)20-13-7-10-16-8-3-5-11-18(16)20/h3,5,7-8,10-11,13,15,17,19,21H,4,6,9,12,14H2,1-2H3. The first kappa shape index (κ1) is 14.6. The predicted octanol–water partition coefficient (Wildman–Crippen LogP) is 5.11. The molecular weight excluding hydrogens is 254 g/mol. The highest BCUT2D eigenvalue weighted by Gasteiger charge is 2.27. The Hall–Kier alpha value is -1.34. The first-order valence-corrected chi connectivity index (χ1v) is 8.47. The van der Waals surface area contributed by atoms with Gasteiger partial charge in [0.25, 0.3) is 0 Å². The van der Waals surface area contributed by atoms with E-state index in [4.69, 9.17) is 0 Å². The fraction of sp³-hybridized carbons (Fsp3) is 0.500. The average Bonchev–Trinajstić information content (AvgIpc) is 2.53. The van der Waals surface area contributed by atoms with Crippen molar-refractivity contribution in [2.24, 2.45) is 5.92 Å². The van der Waals surface area contributed by atoms with Gasteiger partial charge in [-0.1, -0.05) is 69.2 Å². The van der Waals surface area contributed by atoms with Gasteiger partial charge in [0.2, 0.25) is 0 Å². The van der Waals surface area contributed by atoms with E-state index in [1.807, 2.05) is 0 Å². The van der Waals surface area contributed by atoms with Crippen molar-refractivity contribution in [2.45, 2.75) is 51.5 Å². The maximum Gasteiger partial charge on any atom is 0.00104 e. The van der Waals surface area contributed by atoms with E-state index in [1.165, 1.54) is 36.5 Å². The summed E-state index contributed by atoms with van der Waals surface area (Å²) in [5.74, 6) is 1.50. The molecule has 1 saturated carbocycles. The third kappa shape index (κ3) is 3.29. The molecule has 21 heavy (non-hydrogen) atoms. The van der Waals surface area contributed by atoms with E-state index in [9.17, 15) is 0 Å². The van der Waals surface area contributed by atoms with Gasteiger partial charge in [0.15, 0.2) is 0 Å². The van der Waals surface area contributed by atoms with Crippen LogP contribution in [0.25, 0.3) is 10.8 Å². The molecule has 0 aliphatic heterocycles. The Morgan fingerprint density at radius 3 is 2.62 bits per heavy atom. The molecule has 1 heteroatoms. The molecule has 0 aromatic heterocycles. The minimum atomic E-state index is 0.583. The van der Waals surface area contributed by atoms with Crippen molar-refractivity contribution in [3.8, 4) is 0 Å². The van der Waals surface area contributed by atoms with Crippen LogP contribution in [0.4, 0.5) is 0 Å². The second-order valence-corrected chi connectivity index (χ2v) is 6.78. The fourth-order valence-corrected chi connectivity index (χ4v) is 3.82. The van der Waals surface area contributed by atoms with Gasteiger partial charge in [0.05, 0.1) is 0 Å². The van der Waals surface area contributed by atoms with Crippen LogP contribution in [0.3, 0.4) is 0 Å². The summed E-state index contributed by atoms with van der Waals surface area (Å²) in [5.41, 5.74) is 1.57. The van der Waals surface area contributed by atoms with Crippen LogP contribution in [-0.4, -0.2) is 12.6 Å². The van der Waals surface area contributed by atoms with Crippen molar-refractivity contribution in [3.05, 3.63) is 48.0 Å². The van der Waals surface area contributed by atoms with Gasteiger partial charge in [-0.15, -0.1) is 0 Å². The van der Waals surface area contributed by atoms with Crippen LogP contribution in [0.1, 0.15) is 51.0 Å². The summed E-state index contributed by atoms with van der Waals surface area (Å²) in [4.78, 5) is 0. The van der Waals surface area contributed by atoms with E-state index < -0.39 is 0 Å². The lowest BCUT2D eigenvalue weighted by Gasteiger charge is -2.33. The lowest BCUT2D eigenvalue weighted by Crippen LogP contribution is -2.33. The normalized spacial score (nSPS) is 22.8. The molecule has 2 aromatic carbocycles. The van der Waals surface area contributed by atoms with Crippen LogP contribution in [-0.2, 0) is 0 Å². The van der Waals surface area contributed by atoms with Crippen LogP contribution in [0.15, 0.2) is 42.5 Å². The molecule has 3 rings (SSSR count). The second kappa shape index (κ2) is 6.62. The summed E-state index contributed by atoms with van der Waals surface area (Å²) >= 11 is 0. The summed E-state index contributed by atoms with van der Waals surface area (Å²) in [7, 11) is 0. The molecular formula is C20H27N. The molecule has 1 aliphatic rings. The summed E-state index contributed by atoms with van der Waals surface area (Å²) in [5, 5.41) is 6.51. The molecule has 0 heterocycles. The van der Waals surface area contributed by atoms with Gasteiger partial charge >= 0.3 is 0 Å². The van der Waals surface area contributed by atoms with Gasteiger partial charge in [-0.2, -0.15) is 0 Å². The van der Waals surface area contributed by atoms with Crippen LogP contribution in [0.5, 0.6) is 0 Å². The minimum Gasteiger partial charge on any atom is -0.314 e. The van der Waals surface area contributed by atoms with Crippen LogP contribution in [0, 0.1) is 5.92 Å². The number of benzene rings is 2. The van der Waals surface area contributed by atoms with E-state index in [0.717, 1.165) is 18.4 Å². The number of nitrogens with one attached hydrogen (secondary N) is 1.